The molecule has 3 aromatic rings. The van der Waals surface area contributed by atoms with Crippen LogP contribution in [0.5, 0.6) is 6.01 Å². The first-order valence-corrected chi connectivity index (χ1v) is 9.73. The van der Waals surface area contributed by atoms with Gasteiger partial charge in [-0.3, -0.25) is 0 Å². The standard InChI is InChI=1S/C22H24FN5O4/c1-14-7-6-8-17(20(14)28-21(30-4)25-27(3)22(28)29)13-24-32-15(2)19(26-31-5)16-9-11-18(23)12-10-16/h6-13,15H,1-5H3. The fourth-order valence-electron chi connectivity index (χ4n) is 3.17. The lowest BCUT2D eigenvalue weighted by Crippen LogP contribution is -2.23. The second kappa shape index (κ2) is 9.90. The Bertz CT molecular complexity index is 1200. The van der Waals surface area contributed by atoms with Gasteiger partial charge in [0.2, 0.25) is 0 Å². The summed E-state index contributed by atoms with van der Waals surface area (Å²) in [6, 6.07) is 11.5. The second-order valence-electron chi connectivity index (χ2n) is 6.89. The molecule has 0 saturated carbocycles. The van der Waals surface area contributed by atoms with E-state index in [0.29, 0.717) is 22.5 Å². The van der Waals surface area contributed by atoms with Gasteiger partial charge in [0.25, 0.3) is 0 Å². The summed E-state index contributed by atoms with van der Waals surface area (Å²) in [6.07, 6.45) is 0.896. The number of ether oxygens (including phenoxy) is 1. The Balaban J connectivity index is 1.91. The van der Waals surface area contributed by atoms with Crippen molar-refractivity contribution in [1.82, 2.24) is 14.3 Å². The van der Waals surface area contributed by atoms with Crippen molar-refractivity contribution >= 4 is 11.9 Å². The number of para-hydroxylation sites is 1. The number of aryl methyl sites for hydroxylation is 2. The smallest absolute Gasteiger partial charge is 0.353 e. The van der Waals surface area contributed by atoms with E-state index in [-0.39, 0.29) is 17.5 Å². The van der Waals surface area contributed by atoms with Crippen molar-refractivity contribution in [3.05, 3.63) is 75.5 Å². The molecule has 0 aliphatic heterocycles. The van der Waals surface area contributed by atoms with Crippen LogP contribution in [0.15, 0.2) is 57.6 Å². The molecule has 3 rings (SSSR count). The van der Waals surface area contributed by atoms with Crippen molar-refractivity contribution in [2.45, 2.75) is 20.0 Å². The molecule has 1 aromatic heterocycles. The van der Waals surface area contributed by atoms with Gasteiger partial charge in [-0.15, -0.1) is 5.10 Å². The van der Waals surface area contributed by atoms with Gasteiger partial charge < -0.3 is 14.4 Å². The van der Waals surface area contributed by atoms with Gasteiger partial charge in [-0.25, -0.2) is 18.4 Å². The number of hydrogen-bond acceptors (Lipinski definition) is 7. The third-order valence-electron chi connectivity index (χ3n) is 4.70. The summed E-state index contributed by atoms with van der Waals surface area (Å²) in [4.78, 5) is 23.1. The average Bonchev–Trinajstić information content (AvgIpc) is 3.06. The lowest BCUT2D eigenvalue weighted by atomic mass is 10.1. The van der Waals surface area contributed by atoms with Gasteiger partial charge in [0.1, 0.15) is 18.6 Å². The minimum absolute atomic E-state index is 0.154. The van der Waals surface area contributed by atoms with Gasteiger partial charge >= 0.3 is 11.7 Å². The maximum absolute atomic E-state index is 13.3. The minimum atomic E-state index is -0.597. The molecule has 0 fully saturated rings. The number of hydrogen-bond donors (Lipinski definition) is 0. The van der Waals surface area contributed by atoms with Crippen LogP contribution in [0.4, 0.5) is 4.39 Å². The highest BCUT2D eigenvalue weighted by Crippen LogP contribution is 2.21. The highest BCUT2D eigenvalue weighted by molar-refractivity contribution is 6.03. The maximum Gasteiger partial charge on any atom is 0.353 e. The molecule has 0 saturated heterocycles. The monoisotopic (exact) mass is 441 g/mol. The molecule has 168 valence electrons. The molecule has 10 heteroatoms. The molecule has 0 radical (unpaired) electrons. The number of halogens is 1. The van der Waals surface area contributed by atoms with Crippen molar-refractivity contribution in [1.29, 1.82) is 0 Å². The molecule has 32 heavy (non-hydrogen) atoms. The van der Waals surface area contributed by atoms with Crippen LogP contribution in [-0.2, 0) is 16.7 Å². The van der Waals surface area contributed by atoms with Crippen molar-refractivity contribution in [3.8, 4) is 11.7 Å². The summed E-state index contributed by atoms with van der Waals surface area (Å²) in [5.74, 6) is -0.356. The molecule has 2 aromatic carbocycles. The van der Waals surface area contributed by atoms with Crippen LogP contribution in [0, 0.1) is 12.7 Å². The number of nitrogens with zero attached hydrogens (tertiary/aromatic N) is 5. The Labute approximate surface area is 184 Å². The SMILES string of the molecule is CON=C(c1ccc(F)cc1)C(C)ON=Cc1cccc(C)c1-n1c(OC)nn(C)c1=O. The predicted octanol–water partition coefficient (Wildman–Crippen LogP) is 2.82. The van der Waals surface area contributed by atoms with Crippen LogP contribution in [0.25, 0.3) is 5.69 Å². The summed E-state index contributed by atoms with van der Waals surface area (Å²) in [5, 5.41) is 12.2. The van der Waals surface area contributed by atoms with Crippen molar-refractivity contribution in [3.63, 3.8) is 0 Å². The quantitative estimate of drug-likeness (QED) is 0.396. The third-order valence-corrected chi connectivity index (χ3v) is 4.70. The second-order valence-corrected chi connectivity index (χ2v) is 6.89. The third kappa shape index (κ3) is 4.69. The summed E-state index contributed by atoms with van der Waals surface area (Å²) < 4.78 is 21.1. The average molecular weight is 441 g/mol. The molecule has 0 spiro atoms. The van der Waals surface area contributed by atoms with E-state index in [1.165, 1.54) is 41.8 Å². The lowest BCUT2D eigenvalue weighted by molar-refractivity contribution is 0.114. The summed E-state index contributed by atoms with van der Waals surface area (Å²) in [7, 11) is 4.41. The van der Waals surface area contributed by atoms with Crippen LogP contribution in [0.1, 0.15) is 23.6 Å². The number of oxime groups is 2. The van der Waals surface area contributed by atoms with E-state index in [4.69, 9.17) is 14.4 Å². The molecule has 0 N–H and O–H groups in total. The molecule has 9 nitrogen and oxygen atoms in total. The van der Waals surface area contributed by atoms with Gasteiger partial charge in [-0.1, -0.05) is 28.5 Å². The Morgan fingerprint density at radius 1 is 1.19 bits per heavy atom. The Morgan fingerprint density at radius 2 is 1.91 bits per heavy atom. The van der Waals surface area contributed by atoms with E-state index < -0.39 is 6.10 Å². The number of aromatic nitrogens is 3. The maximum atomic E-state index is 13.3. The largest absolute Gasteiger partial charge is 0.467 e. The molecule has 0 aliphatic rings. The van der Waals surface area contributed by atoms with E-state index in [1.54, 1.807) is 32.2 Å². The highest BCUT2D eigenvalue weighted by atomic mass is 19.1. The van der Waals surface area contributed by atoms with Crippen LogP contribution in [0.2, 0.25) is 0 Å². The Kier molecular flexibility index (Phi) is 7.04. The lowest BCUT2D eigenvalue weighted by Gasteiger charge is -2.13. The van der Waals surface area contributed by atoms with E-state index >= 15 is 0 Å². The van der Waals surface area contributed by atoms with Crippen LogP contribution < -0.4 is 10.4 Å². The van der Waals surface area contributed by atoms with E-state index in [1.807, 2.05) is 19.1 Å². The molecule has 1 heterocycles. The summed E-state index contributed by atoms with van der Waals surface area (Å²) in [5.41, 5.74) is 2.75. The fraction of sp³-hybridized carbons (Fsp3) is 0.273. The number of rotatable bonds is 8. The summed E-state index contributed by atoms with van der Waals surface area (Å²) >= 11 is 0. The van der Waals surface area contributed by atoms with E-state index in [2.05, 4.69) is 15.4 Å². The van der Waals surface area contributed by atoms with Crippen molar-refractivity contribution < 1.29 is 18.8 Å². The van der Waals surface area contributed by atoms with Gasteiger partial charge in [0.05, 0.1) is 19.0 Å². The molecular weight excluding hydrogens is 417 g/mol. The highest BCUT2D eigenvalue weighted by Gasteiger charge is 2.19. The molecule has 0 amide bonds. The first-order chi connectivity index (χ1) is 15.4. The van der Waals surface area contributed by atoms with E-state index in [9.17, 15) is 9.18 Å². The molecule has 0 bridgehead atoms. The van der Waals surface area contributed by atoms with Crippen molar-refractivity contribution in [2.24, 2.45) is 17.4 Å². The molecule has 1 unspecified atom stereocenters. The zero-order valence-corrected chi connectivity index (χ0v) is 18.4. The predicted molar refractivity (Wildman–Crippen MR) is 118 cm³/mol. The minimum Gasteiger partial charge on any atom is -0.467 e. The Hall–Kier alpha value is -3.95. The van der Waals surface area contributed by atoms with Gasteiger partial charge in [0.15, 0.2) is 6.10 Å². The zero-order valence-electron chi connectivity index (χ0n) is 18.4. The molecule has 0 aliphatic carbocycles. The molecular formula is C22H24FN5O4. The topological polar surface area (TPSA) is 92.2 Å². The number of benzene rings is 2. The first kappa shape index (κ1) is 22.7. The normalized spacial score (nSPS) is 12.8. The molecule has 1 atom stereocenters. The van der Waals surface area contributed by atoms with Gasteiger partial charge in [0, 0.05) is 18.2 Å². The first-order valence-electron chi connectivity index (χ1n) is 9.73. The van der Waals surface area contributed by atoms with Crippen LogP contribution >= 0.6 is 0 Å². The van der Waals surface area contributed by atoms with Crippen LogP contribution in [-0.4, -0.2) is 46.6 Å². The van der Waals surface area contributed by atoms with Crippen LogP contribution in [0.3, 0.4) is 0 Å². The van der Waals surface area contributed by atoms with Gasteiger partial charge in [-0.2, -0.15) is 0 Å². The zero-order chi connectivity index (χ0) is 23.3. The number of methoxy groups -OCH3 is 1. The van der Waals surface area contributed by atoms with Crippen molar-refractivity contribution in [2.75, 3.05) is 14.2 Å². The fourth-order valence-corrected chi connectivity index (χ4v) is 3.17. The Morgan fingerprint density at radius 3 is 2.56 bits per heavy atom. The van der Waals surface area contributed by atoms with Gasteiger partial charge in [-0.05, 0) is 43.7 Å². The van der Waals surface area contributed by atoms with E-state index in [0.717, 1.165) is 5.56 Å². The summed E-state index contributed by atoms with van der Waals surface area (Å²) in [6.45, 7) is 3.61.